The van der Waals surface area contributed by atoms with Crippen molar-refractivity contribution in [1.82, 2.24) is 5.32 Å². The Kier molecular flexibility index (Phi) is 39.5. The number of rotatable bonds is 18. The number of carboxylic acids is 1. The maximum Gasteiger partial charge on any atom is 0.307 e. The number of aliphatic carboxylic acids is 1. The van der Waals surface area contributed by atoms with Crippen LogP contribution in [0.3, 0.4) is 0 Å². The van der Waals surface area contributed by atoms with Gasteiger partial charge in [0, 0.05) is 6.54 Å². The lowest BCUT2D eigenvalue weighted by Crippen LogP contribution is -2.40. The van der Waals surface area contributed by atoms with E-state index in [-0.39, 0.29) is 18.4 Å². The number of carbonyl (C=O) groups excluding carboxylic acids is 2. The number of carboxylic acid groups (broad SMARTS) is 1. The van der Waals surface area contributed by atoms with Crippen molar-refractivity contribution in [3.05, 3.63) is 29.3 Å². The lowest BCUT2D eigenvalue weighted by atomic mass is 9.73. The monoisotopic (exact) mass is 810 g/mol. The van der Waals surface area contributed by atoms with Crippen LogP contribution in [0.1, 0.15) is 188 Å². The van der Waals surface area contributed by atoms with Gasteiger partial charge in [-0.05, 0) is 98.3 Å². The fourth-order valence-corrected chi connectivity index (χ4v) is 8.08. The number of hydrogen-bond donors (Lipinski definition) is 4. The fraction of sp³-hybridized carbons (Fsp3) is 0.809. The van der Waals surface area contributed by atoms with E-state index < -0.39 is 11.9 Å². The fourth-order valence-electron chi connectivity index (χ4n) is 7.86. The molecule has 2 saturated carbocycles. The number of amides is 1. The van der Waals surface area contributed by atoms with Gasteiger partial charge in [0.1, 0.15) is 12.4 Å². The van der Waals surface area contributed by atoms with Crippen LogP contribution < -0.4 is 10.1 Å². The molecule has 1 amide bonds. The number of aldehydes is 1. The van der Waals surface area contributed by atoms with Crippen LogP contribution in [-0.2, 0) is 27.2 Å². The van der Waals surface area contributed by atoms with Crippen molar-refractivity contribution in [2.24, 2.45) is 29.6 Å². The molecule has 1 aromatic carbocycles. The molecular formula is C47H87NO5S2. The van der Waals surface area contributed by atoms with Gasteiger partial charge in [0.15, 0.2) is 6.29 Å². The second-order valence-corrected chi connectivity index (χ2v) is 15.9. The number of benzene rings is 1. The van der Waals surface area contributed by atoms with Crippen LogP contribution in [0.25, 0.3) is 0 Å². The Morgan fingerprint density at radius 3 is 1.96 bits per heavy atom. The molecule has 0 bridgehead atoms. The molecule has 0 saturated heterocycles. The second kappa shape index (κ2) is 39.2. The first-order chi connectivity index (χ1) is 26.7. The Balaban J connectivity index is 0. The average molecular weight is 810 g/mol. The van der Waals surface area contributed by atoms with Gasteiger partial charge in [-0.1, -0.05) is 150 Å². The zero-order valence-corrected chi connectivity index (χ0v) is 38.6. The average Bonchev–Trinajstić information content (AvgIpc) is 3.59. The summed E-state index contributed by atoms with van der Waals surface area (Å²) in [4.78, 5) is 33.8. The smallest absolute Gasteiger partial charge is 0.307 e. The topological polar surface area (TPSA) is 92.7 Å². The molecule has 3 aliphatic carbocycles. The molecular weight excluding hydrogens is 723 g/mol. The Bertz CT molecular complexity index is 1050. The summed E-state index contributed by atoms with van der Waals surface area (Å²) >= 11 is 7.68. The lowest BCUT2D eigenvalue weighted by molar-refractivity contribution is -0.148. The molecule has 0 aromatic heterocycles. The van der Waals surface area contributed by atoms with Gasteiger partial charge in [-0.15, -0.1) is 0 Å². The summed E-state index contributed by atoms with van der Waals surface area (Å²) in [6, 6.07) is 6.40. The minimum absolute atomic E-state index is 0.0682. The first-order valence-electron chi connectivity index (χ1n) is 22.5. The molecule has 5 atom stereocenters. The molecule has 0 radical (unpaired) electrons. The van der Waals surface area contributed by atoms with Gasteiger partial charge in [-0.3, -0.25) is 14.4 Å². The molecule has 2 fully saturated rings. The molecule has 3 aliphatic rings. The molecule has 0 aliphatic heterocycles. The van der Waals surface area contributed by atoms with Crippen molar-refractivity contribution in [2.45, 2.75) is 190 Å². The van der Waals surface area contributed by atoms with Crippen molar-refractivity contribution in [2.75, 3.05) is 25.2 Å². The van der Waals surface area contributed by atoms with Crippen molar-refractivity contribution in [3.63, 3.8) is 0 Å². The molecule has 8 heteroatoms. The van der Waals surface area contributed by atoms with E-state index in [1.807, 2.05) is 6.07 Å². The van der Waals surface area contributed by atoms with Gasteiger partial charge in [0.05, 0.1) is 11.8 Å². The Hall–Kier alpha value is -1.67. The van der Waals surface area contributed by atoms with Gasteiger partial charge in [-0.25, -0.2) is 0 Å². The maximum absolute atomic E-state index is 12.0. The highest BCUT2D eigenvalue weighted by Crippen LogP contribution is 2.48. The summed E-state index contributed by atoms with van der Waals surface area (Å²) in [7, 11) is 0. The van der Waals surface area contributed by atoms with E-state index in [0.717, 1.165) is 80.5 Å². The SMILES string of the molecule is CCC.CCC.CCC.CCCCCCCCC1CCC2Cc3c(cccc3OCC=O)CC12.CS.O=C(NCCCCCCS)C1CCCC[C@H]1C(=O)O. The number of thiol groups is 2. The first kappa shape index (κ1) is 55.4. The summed E-state index contributed by atoms with van der Waals surface area (Å²) in [5, 5.41) is 12.0. The largest absolute Gasteiger partial charge is 0.486 e. The van der Waals surface area contributed by atoms with Crippen LogP contribution in [-0.4, -0.2) is 48.4 Å². The lowest BCUT2D eigenvalue weighted by Gasteiger charge is -2.32. The Morgan fingerprint density at radius 2 is 1.36 bits per heavy atom. The van der Waals surface area contributed by atoms with E-state index in [1.165, 1.54) is 94.6 Å². The maximum atomic E-state index is 12.0. The Morgan fingerprint density at radius 1 is 0.782 bits per heavy atom. The highest BCUT2D eigenvalue weighted by atomic mass is 32.1. The summed E-state index contributed by atoms with van der Waals surface area (Å²) < 4.78 is 5.67. The van der Waals surface area contributed by atoms with Crippen LogP contribution in [0.5, 0.6) is 5.75 Å². The zero-order valence-electron chi connectivity index (χ0n) is 36.8. The summed E-state index contributed by atoms with van der Waals surface area (Å²) in [5.74, 6) is 2.79. The third kappa shape index (κ3) is 25.3. The van der Waals surface area contributed by atoms with Gasteiger partial charge in [0.2, 0.25) is 5.91 Å². The number of nitrogens with one attached hydrogen (secondary N) is 1. The van der Waals surface area contributed by atoms with Crippen LogP contribution in [0, 0.1) is 29.6 Å². The molecule has 322 valence electrons. The summed E-state index contributed by atoms with van der Waals surface area (Å²) in [6.45, 7) is 15.9. The van der Waals surface area contributed by atoms with Crippen molar-refractivity contribution >= 4 is 43.4 Å². The van der Waals surface area contributed by atoms with Gasteiger partial charge < -0.3 is 15.2 Å². The number of unbranched alkanes of at least 4 members (excludes halogenated alkanes) is 8. The van der Waals surface area contributed by atoms with Crippen molar-refractivity contribution in [3.8, 4) is 5.75 Å². The minimum atomic E-state index is -0.825. The van der Waals surface area contributed by atoms with Crippen LogP contribution >= 0.6 is 25.3 Å². The zero-order chi connectivity index (χ0) is 41.7. The highest BCUT2D eigenvalue weighted by Gasteiger charge is 2.39. The molecule has 0 heterocycles. The van der Waals surface area contributed by atoms with E-state index >= 15 is 0 Å². The summed E-state index contributed by atoms with van der Waals surface area (Å²) in [5.41, 5.74) is 2.85. The van der Waals surface area contributed by atoms with E-state index in [1.54, 1.807) is 6.26 Å². The normalized spacial score (nSPS) is 20.2. The van der Waals surface area contributed by atoms with Crippen molar-refractivity contribution in [1.29, 1.82) is 0 Å². The van der Waals surface area contributed by atoms with Gasteiger partial charge in [0.25, 0.3) is 0 Å². The van der Waals surface area contributed by atoms with E-state index in [2.05, 4.69) is 91.2 Å². The second-order valence-electron chi connectivity index (χ2n) is 15.5. The van der Waals surface area contributed by atoms with E-state index in [4.69, 9.17) is 9.84 Å². The predicted molar refractivity (Wildman–Crippen MR) is 244 cm³/mol. The van der Waals surface area contributed by atoms with Gasteiger partial charge in [-0.2, -0.15) is 25.3 Å². The standard InChI is InChI=1S/C23H34O2.C14H25NO3S.3C3H8.CH4S/c1-2-3-4-5-6-7-9-18-12-13-20-17-22-19(16-21(18)20)10-8-11-23(22)25-15-14-24;16-13(15-9-5-1-2-6-10-19)11-7-3-4-8-12(11)14(17)18;3*1-3-2;1-2/h8,10-11,14,18,20-21H,2-7,9,12-13,15-17H2,1H3;11-12,19H,1-10H2,(H,15,16)(H,17,18);3*3H2,1-2H3;2H,1H3/t;11?,12-;;;;/m.1..../s1. The molecule has 1 aromatic rings. The molecule has 55 heavy (non-hydrogen) atoms. The van der Waals surface area contributed by atoms with Crippen molar-refractivity contribution < 1.29 is 24.2 Å². The van der Waals surface area contributed by atoms with E-state index in [0.29, 0.717) is 19.4 Å². The molecule has 4 unspecified atom stereocenters. The van der Waals surface area contributed by atoms with Crippen LogP contribution in [0.2, 0.25) is 0 Å². The van der Waals surface area contributed by atoms with E-state index in [9.17, 15) is 14.4 Å². The number of hydrogen-bond acceptors (Lipinski definition) is 6. The predicted octanol–water partition coefficient (Wildman–Crippen LogP) is 13.0. The van der Waals surface area contributed by atoms with Gasteiger partial charge >= 0.3 is 5.97 Å². The quantitative estimate of drug-likeness (QED) is 0.0673. The van der Waals surface area contributed by atoms with Crippen LogP contribution in [0.4, 0.5) is 0 Å². The first-order valence-corrected chi connectivity index (χ1v) is 24.0. The molecule has 0 spiro atoms. The minimum Gasteiger partial charge on any atom is -0.486 e. The number of fused-ring (bicyclic) bond motifs is 2. The Labute approximate surface area is 351 Å². The summed E-state index contributed by atoms with van der Waals surface area (Å²) in [6.07, 6.45) is 28.9. The molecule has 2 N–H and O–H groups in total. The number of carbonyl (C=O) groups is 3. The third-order valence-corrected chi connectivity index (χ3v) is 10.6. The third-order valence-electron chi connectivity index (χ3n) is 10.3. The molecule has 6 nitrogen and oxygen atoms in total. The molecule has 4 rings (SSSR count). The number of ether oxygens (including phenoxy) is 1. The van der Waals surface area contributed by atoms with Crippen LogP contribution in [0.15, 0.2) is 18.2 Å². The highest BCUT2D eigenvalue weighted by molar-refractivity contribution is 7.80.